The van der Waals surface area contributed by atoms with Crippen molar-refractivity contribution in [1.29, 1.82) is 0 Å². The van der Waals surface area contributed by atoms with E-state index in [0.717, 1.165) is 57.6 Å². The van der Waals surface area contributed by atoms with Crippen LogP contribution in [0.3, 0.4) is 0 Å². The highest BCUT2D eigenvalue weighted by Gasteiger charge is 2.21. The van der Waals surface area contributed by atoms with Gasteiger partial charge in [0.1, 0.15) is 5.82 Å². The molecule has 0 atom stereocenters. The molecule has 0 unspecified atom stereocenters. The standard InChI is InChI=1S/C19H26N6/c1-16-5-4-7-20-17(16)15-23-11-13-24(14-12-23)18-6-8-21-19(22-18)25-9-2-3-10-25/h4-8H,2-3,9-15H2,1H3. The van der Waals surface area contributed by atoms with Crippen LogP contribution in [0.2, 0.25) is 0 Å². The molecule has 2 aliphatic heterocycles. The van der Waals surface area contributed by atoms with Gasteiger partial charge in [0.15, 0.2) is 0 Å². The van der Waals surface area contributed by atoms with E-state index in [-0.39, 0.29) is 0 Å². The van der Waals surface area contributed by atoms with Crippen LogP contribution < -0.4 is 9.80 Å². The van der Waals surface area contributed by atoms with Crippen molar-refractivity contribution in [3.8, 4) is 0 Å². The van der Waals surface area contributed by atoms with E-state index in [1.165, 1.54) is 24.1 Å². The van der Waals surface area contributed by atoms with Gasteiger partial charge < -0.3 is 9.80 Å². The number of anilines is 2. The van der Waals surface area contributed by atoms with Gasteiger partial charge in [-0.3, -0.25) is 9.88 Å². The zero-order valence-corrected chi connectivity index (χ0v) is 14.9. The summed E-state index contributed by atoms with van der Waals surface area (Å²) in [7, 11) is 0. The summed E-state index contributed by atoms with van der Waals surface area (Å²) in [4.78, 5) is 21.0. The lowest BCUT2D eigenvalue weighted by atomic mass is 10.2. The summed E-state index contributed by atoms with van der Waals surface area (Å²) in [5.74, 6) is 1.95. The van der Waals surface area contributed by atoms with E-state index in [0.29, 0.717) is 0 Å². The molecule has 0 N–H and O–H groups in total. The van der Waals surface area contributed by atoms with Crippen molar-refractivity contribution in [3.63, 3.8) is 0 Å². The van der Waals surface area contributed by atoms with E-state index in [2.05, 4.69) is 37.7 Å². The van der Waals surface area contributed by atoms with Crippen LogP contribution in [0.15, 0.2) is 30.6 Å². The third-order valence-electron chi connectivity index (χ3n) is 5.20. The van der Waals surface area contributed by atoms with Gasteiger partial charge in [0.25, 0.3) is 0 Å². The van der Waals surface area contributed by atoms with Gasteiger partial charge in [-0.15, -0.1) is 0 Å². The predicted octanol–water partition coefficient (Wildman–Crippen LogP) is 2.10. The van der Waals surface area contributed by atoms with Crippen molar-refractivity contribution in [3.05, 3.63) is 41.9 Å². The quantitative estimate of drug-likeness (QED) is 0.851. The van der Waals surface area contributed by atoms with Crippen LogP contribution in [0.4, 0.5) is 11.8 Å². The maximum atomic E-state index is 4.81. The number of rotatable bonds is 4. The van der Waals surface area contributed by atoms with Gasteiger partial charge in [-0.05, 0) is 37.5 Å². The molecule has 4 rings (SSSR count). The Bertz CT molecular complexity index is 705. The first-order valence-corrected chi connectivity index (χ1v) is 9.25. The number of nitrogens with zero attached hydrogens (tertiary/aromatic N) is 6. The Kier molecular flexibility index (Phi) is 4.78. The lowest BCUT2D eigenvalue weighted by Gasteiger charge is -2.35. The molecule has 0 bridgehead atoms. The fourth-order valence-corrected chi connectivity index (χ4v) is 3.62. The second-order valence-electron chi connectivity index (χ2n) is 6.94. The number of piperazine rings is 1. The van der Waals surface area contributed by atoms with Crippen LogP contribution in [0, 0.1) is 6.92 Å². The van der Waals surface area contributed by atoms with Crippen LogP contribution in [0.25, 0.3) is 0 Å². The Morgan fingerprint density at radius 3 is 2.44 bits per heavy atom. The van der Waals surface area contributed by atoms with Crippen molar-refractivity contribution >= 4 is 11.8 Å². The molecule has 0 aliphatic carbocycles. The summed E-state index contributed by atoms with van der Waals surface area (Å²) in [6.07, 6.45) is 6.29. The van der Waals surface area contributed by atoms with Crippen LogP contribution in [0.1, 0.15) is 24.1 Å². The summed E-state index contributed by atoms with van der Waals surface area (Å²) in [6, 6.07) is 6.18. The molecule has 25 heavy (non-hydrogen) atoms. The van der Waals surface area contributed by atoms with E-state index < -0.39 is 0 Å². The molecule has 2 aromatic rings. The van der Waals surface area contributed by atoms with E-state index >= 15 is 0 Å². The molecule has 2 aromatic heterocycles. The number of aryl methyl sites for hydroxylation is 1. The topological polar surface area (TPSA) is 48.4 Å². The molecule has 2 aliphatic rings. The molecular formula is C19H26N6. The minimum atomic E-state index is 0.890. The number of hydrogen-bond donors (Lipinski definition) is 0. The highest BCUT2D eigenvalue weighted by atomic mass is 15.3. The third-order valence-corrected chi connectivity index (χ3v) is 5.20. The van der Waals surface area contributed by atoms with Gasteiger partial charge in [0, 0.05) is 58.2 Å². The normalized spacial score (nSPS) is 18.8. The second-order valence-corrected chi connectivity index (χ2v) is 6.94. The smallest absolute Gasteiger partial charge is 0.227 e. The molecular weight excluding hydrogens is 312 g/mol. The van der Waals surface area contributed by atoms with E-state index in [1.54, 1.807) is 0 Å². The molecule has 2 fully saturated rings. The van der Waals surface area contributed by atoms with Gasteiger partial charge in [0.2, 0.25) is 5.95 Å². The highest BCUT2D eigenvalue weighted by molar-refractivity contribution is 5.44. The largest absolute Gasteiger partial charge is 0.354 e. The minimum Gasteiger partial charge on any atom is -0.354 e. The van der Waals surface area contributed by atoms with E-state index in [4.69, 9.17) is 4.98 Å². The number of aromatic nitrogens is 3. The van der Waals surface area contributed by atoms with Gasteiger partial charge in [-0.25, -0.2) is 4.98 Å². The summed E-state index contributed by atoms with van der Waals surface area (Å²) < 4.78 is 0. The Labute approximate surface area is 149 Å². The third kappa shape index (κ3) is 3.74. The van der Waals surface area contributed by atoms with Gasteiger partial charge >= 0.3 is 0 Å². The van der Waals surface area contributed by atoms with Crippen molar-refractivity contribution in [2.24, 2.45) is 0 Å². The van der Waals surface area contributed by atoms with Crippen molar-refractivity contribution in [1.82, 2.24) is 19.9 Å². The minimum absolute atomic E-state index is 0.890. The maximum Gasteiger partial charge on any atom is 0.227 e. The summed E-state index contributed by atoms with van der Waals surface area (Å²) in [5.41, 5.74) is 2.46. The van der Waals surface area contributed by atoms with Crippen molar-refractivity contribution < 1.29 is 0 Å². The summed E-state index contributed by atoms with van der Waals surface area (Å²) in [5, 5.41) is 0. The van der Waals surface area contributed by atoms with Crippen LogP contribution in [0.5, 0.6) is 0 Å². The SMILES string of the molecule is Cc1cccnc1CN1CCN(c2ccnc(N3CCCC3)n2)CC1. The second kappa shape index (κ2) is 7.35. The monoisotopic (exact) mass is 338 g/mol. The highest BCUT2D eigenvalue weighted by Crippen LogP contribution is 2.20. The number of hydrogen-bond acceptors (Lipinski definition) is 6. The molecule has 0 radical (unpaired) electrons. The van der Waals surface area contributed by atoms with E-state index in [9.17, 15) is 0 Å². The molecule has 0 saturated carbocycles. The predicted molar refractivity (Wildman–Crippen MR) is 99.9 cm³/mol. The summed E-state index contributed by atoms with van der Waals surface area (Å²) in [6.45, 7) is 9.33. The zero-order valence-electron chi connectivity index (χ0n) is 14.9. The Balaban J connectivity index is 1.37. The van der Waals surface area contributed by atoms with E-state index in [1.807, 2.05) is 24.5 Å². The first kappa shape index (κ1) is 16.3. The molecule has 0 aromatic carbocycles. The molecule has 0 spiro atoms. The van der Waals surface area contributed by atoms with Gasteiger partial charge in [0.05, 0.1) is 5.69 Å². The van der Waals surface area contributed by atoms with Gasteiger partial charge in [-0.2, -0.15) is 4.98 Å². The first-order chi connectivity index (χ1) is 12.3. The van der Waals surface area contributed by atoms with Gasteiger partial charge in [-0.1, -0.05) is 6.07 Å². The molecule has 132 valence electrons. The maximum absolute atomic E-state index is 4.81. The lowest BCUT2D eigenvalue weighted by molar-refractivity contribution is 0.246. The van der Waals surface area contributed by atoms with Crippen LogP contribution in [-0.4, -0.2) is 59.1 Å². The average Bonchev–Trinajstić information content (AvgIpc) is 3.19. The van der Waals surface area contributed by atoms with Crippen LogP contribution in [-0.2, 0) is 6.54 Å². The molecule has 2 saturated heterocycles. The Morgan fingerprint density at radius 1 is 0.880 bits per heavy atom. The lowest BCUT2D eigenvalue weighted by Crippen LogP contribution is -2.46. The average molecular weight is 338 g/mol. The van der Waals surface area contributed by atoms with Crippen LogP contribution >= 0.6 is 0 Å². The zero-order chi connectivity index (χ0) is 17.1. The molecule has 4 heterocycles. The summed E-state index contributed by atoms with van der Waals surface area (Å²) >= 11 is 0. The Hall–Kier alpha value is -2.21. The Morgan fingerprint density at radius 2 is 1.68 bits per heavy atom. The molecule has 6 nitrogen and oxygen atoms in total. The fraction of sp³-hybridized carbons (Fsp3) is 0.526. The fourth-order valence-electron chi connectivity index (χ4n) is 3.62. The first-order valence-electron chi connectivity index (χ1n) is 9.25. The molecule has 0 amide bonds. The molecule has 6 heteroatoms. The van der Waals surface area contributed by atoms with Crippen molar-refractivity contribution in [2.75, 3.05) is 49.1 Å². The number of pyridine rings is 1. The van der Waals surface area contributed by atoms with Crippen molar-refractivity contribution in [2.45, 2.75) is 26.3 Å².